The summed E-state index contributed by atoms with van der Waals surface area (Å²) in [4.78, 5) is 47.2. The molecule has 0 aromatic heterocycles. The highest BCUT2D eigenvalue weighted by Gasteiger charge is 2.55. The third-order valence-corrected chi connectivity index (χ3v) is 6.40. The van der Waals surface area contributed by atoms with Gasteiger partial charge in [-0.15, -0.1) is 0 Å². The highest BCUT2D eigenvalue weighted by Crippen LogP contribution is 2.33. The van der Waals surface area contributed by atoms with Gasteiger partial charge in [-0.25, -0.2) is 4.39 Å². The van der Waals surface area contributed by atoms with Crippen LogP contribution in [0, 0.1) is 0 Å². The van der Waals surface area contributed by atoms with Crippen molar-refractivity contribution in [3.05, 3.63) is 35.9 Å². The standard InChI is InChI=1S/C27H36FNO13/c1-13(31)29-21-25(22(35)18(10-30)40-26(21)37-11-17-8-6-5-7-9-17)42-27-24(39-16(4)34)20(28)23(38-15(3)33)19(41-27)12-36-14(2)32/h5-9,18-27,30,35H,10-12H2,1-4H3,(H,29,31)/t18-,19-,20+,21-,22+,23+,24-,25-,26+,27+/m1/s1. The number of carbonyl (C=O) groups excluding carboxylic acids is 4. The second kappa shape index (κ2) is 15.3. The van der Waals surface area contributed by atoms with E-state index in [1.165, 1.54) is 6.92 Å². The molecule has 1 amide bonds. The topological polar surface area (TPSA) is 185 Å². The molecule has 0 unspecified atom stereocenters. The number of rotatable bonds is 11. The molecule has 1 aromatic rings. The van der Waals surface area contributed by atoms with Gasteiger partial charge in [0.2, 0.25) is 5.91 Å². The summed E-state index contributed by atoms with van der Waals surface area (Å²) in [6.07, 6.45) is -14.6. The number of nitrogens with one attached hydrogen (secondary N) is 1. The first kappa shape index (κ1) is 33.3. The van der Waals surface area contributed by atoms with Crippen LogP contribution in [0.15, 0.2) is 30.3 Å². The summed E-state index contributed by atoms with van der Waals surface area (Å²) in [5.74, 6) is -3.10. The molecule has 0 spiro atoms. The SMILES string of the molecule is CC(=O)N[C@H]1[C@@H](OCc2ccccc2)O[C@H](CO)[C@H](O)[C@@H]1O[C@@H]1O[C@H](COC(C)=O)[C@H](OC(C)=O)[C@H](F)[C@H]1OC(C)=O. The van der Waals surface area contributed by atoms with Crippen LogP contribution in [0.1, 0.15) is 33.3 Å². The van der Waals surface area contributed by atoms with Crippen molar-refractivity contribution in [2.45, 2.75) is 95.7 Å². The fourth-order valence-corrected chi connectivity index (χ4v) is 4.62. The van der Waals surface area contributed by atoms with Crippen molar-refractivity contribution in [3.63, 3.8) is 0 Å². The highest BCUT2D eigenvalue weighted by atomic mass is 19.1. The van der Waals surface area contributed by atoms with Crippen LogP contribution < -0.4 is 5.32 Å². The molecule has 2 fully saturated rings. The van der Waals surface area contributed by atoms with E-state index in [1.54, 1.807) is 24.3 Å². The molecular formula is C27H36FNO13. The van der Waals surface area contributed by atoms with Gasteiger partial charge in [-0.1, -0.05) is 30.3 Å². The summed E-state index contributed by atoms with van der Waals surface area (Å²) in [5, 5.41) is 23.6. The maximum Gasteiger partial charge on any atom is 0.303 e. The van der Waals surface area contributed by atoms with Crippen molar-refractivity contribution in [3.8, 4) is 0 Å². The Balaban J connectivity index is 1.94. The Bertz CT molecular complexity index is 1070. The summed E-state index contributed by atoms with van der Waals surface area (Å²) in [6, 6.07) is 7.72. The summed E-state index contributed by atoms with van der Waals surface area (Å²) in [5.41, 5.74) is 0.752. The number of hydrogen-bond donors (Lipinski definition) is 3. The minimum absolute atomic E-state index is 0.0135. The Labute approximate surface area is 241 Å². The van der Waals surface area contributed by atoms with Crippen molar-refractivity contribution in [1.82, 2.24) is 5.32 Å². The molecule has 3 rings (SSSR count). The first-order chi connectivity index (χ1) is 19.9. The number of halogens is 1. The minimum atomic E-state index is -2.23. The zero-order valence-electron chi connectivity index (χ0n) is 23.5. The molecule has 15 heteroatoms. The van der Waals surface area contributed by atoms with Crippen LogP contribution in [-0.4, -0.2) is 109 Å². The third kappa shape index (κ3) is 8.89. The molecule has 3 N–H and O–H groups in total. The number of esters is 3. The maximum absolute atomic E-state index is 15.9. The van der Waals surface area contributed by atoms with Crippen LogP contribution in [0.3, 0.4) is 0 Å². The number of aliphatic hydroxyl groups excluding tert-OH is 2. The van der Waals surface area contributed by atoms with Gasteiger partial charge in [0.05, 0.1) is 13.2 Å². The summed E-state index contributed by atoms with van der Waals surface area (Å²) >= 11 is 0. The average Bonchev–Trinajstić information content (AvgIpc) is 2.92. The summed E-state index contributed by atoms with van der Waals surface area (Å²) < 4.78 is 54.4. The van der Waals surface area contributed by atoms with Gasteiger partial charge in [0.15, 0.2) is 31.0 Å². The number of alkyl halides is 1. The Morgan fingerprint density at radius 3 is 2.07 bits per heavy atom. The van der Waals surface area contributed by atoms with E-state index in [0.29, 0.717) is 0 Å². The predicted octanol–water partition coefficient (Wildman–Crippen LogP) is -0.339. The number of amides is 1. The number of ether oxygens (including phenoxy) is 7. The molecule has 0 saturated carbocycles. The zero-order chi connectivity index (χ0) is 31.0. The maximum atomic E-state index is 15.9. The van der Waals surface area contributed by atoms with Gasteiger partial charge in [0, 0.05) is 27.7 Å². The first-order valence-corrected chi connectivity index (χ1v) is 13.2. The molecule has 2 aliphatic rings. The van der Waals surface area contributed by atoms with Crippen LogP contribution >= 0.6 is 0 Å². The van der Waals surface area contributed by atoms with Crippen molar-refractivity contribution in [1.29, 1.82) is 0 Å². The van der Waals surface area contributed by atoms with Gasteiger partial charge < -0.3 is 48.7 Å². The molecule has 14 nitrogen and oxygen atoms in total. The minimum Gasteiger partial charge on any atom is -0.463 e. The van der Waals surface area contributed by atoms with E-state index in [9.17, 15) is 29.4 Å². The second-order valence-electron chi connectivity index (χ2n) is 9.78. The Hall–Kier alpha value is -3.21. The smallest absolute Gasteiger partial charge is 0.303 e. The van der Waals surface area contributed by atoms with Gasteiger partial charge >= 0.3 is 17.9 Å². The van der Waals surface area contributed by atoms with E-state index in [-0.39, 0.29) is 6.61 Å². The van der Waals surface area contributed by atoms with Crippen molar-refractivity contribution < 1.29 is 66.9 Å². The van der Waals surface area contributed by atoms with Gasteiger partial charge in [-0.05, 0) is 5.56 Å². The van der Waals surface area contributed by atoms with Crippen molar-refractivity contribution in [2.24, 2.45) is 0 Å². The highest BCUT2D eigenvalue weighted by molar-refractivity contribution is 5.73. The van der Waals surface area contributed by atoms with E-state index >= 15 is 4.39 Å². The van der Waals surface area contributed by atoms with Gasteiger partial charge in [-0.2, -0.15) is 0 Å². The lowest BCUT2D eigenvalue weighted by atomic mass is 9.95. The molecule has 0 bridgehead atoms. The summed E-state index contributed by atoms with van der Waals surface area (Å²) in [6.45, 7) is 3.10. The summed E-state index contributed by atoms with van der Waals surface area (Å²) in [7, 11) is 0. The molecule has 2 aliphatic heterocycles. The van der Waals surface area contributed by atoms with E-state index in [4.69, 9.17) is 33.2 Å². The first-order valence-electron chi connectivity index (χ1n) is 13.2. The van der Waals surface area contributed by atoms with Crippen LogP contribution in [0.5, 0.6) is 0 Å². The number of benzene rings is 1. The normalized spacial score (nSPS) is 32.8. The van der Waals surface area contributed by atoms with Crippen LogP contribution in [0.2, 0.25) is 0 Å². The Kier molecular flexibility index (Phi) is 12.1. The molecule has 2 heterocycles. The fraction of sp³-hybridized carbons (Fsp3) is 0.630. The third-order valence-electron chi connectivity index (χ3n) is 6.40. The Morgan fingerprint density at radius 1 is 0.881 bits per heavy atom. The zero-order valence-corrected chi connectivity index (χ0v) is 23.5. The van der Waals surface area contributed by atoms with Gasteiger partial charge in [0.25, 0.3) is 0 Å². The van der Waals surface area contributed by atoms with Crippen LogP contribution in [-0.2, 0) is 58.9 Å². The monoisotopic (exact) mass is 601 g/mol. The molecule has 10 atom stereocenters. The van der Waals surface area contributed by atoms with E-state index in [2.05, 4.69) is 5.32 Å². The molecule has 1 aromatic carbocycles. The molecular weight excluding hydrogens is 565 g/mol. The number of aliphatic hydroxyl groups is 2. The van der Waals surface area contributed by atoms with E-state index in [1.807, 2.05) is 6.07 Å². The van der Waals surface area contributed by atoms with Gasteiger partial charge in [-0.3, -0.25) is 19.2 Å². The lowest BCUT2D eigenvalue weighted by Crippen LogP contribution is -2.68. The molecule has 2 saturated heterocycles. The second-order valence-corrected chi connectivity index (χ2v) is 9.78. The van der Waals surface area contributed by atoms with Crippen molar-refractivity contribution >= 4 is 23.8 Å². The Morgan fingerprint density at radius 2 is 1.50 bits per heavy atom. The molecule has 234 valence electrons. The lowest BCUT2D eigenvalue weighted by molar-refractivity contribution is -0.342. The largest absolute Gasteiger partial charge is 0.463 e. The molecule has 0 aliphatic carbocycles. The van der Waals surface area contributed by atoms with E-state index in [0.717, 1.165) is 26.3 Å². The van der Waals surface area contributed by atoms with Crippen LogP contribution in [0.25, 0.3) is 0 Å². The average molecular weight is 602 g/mol. The molecule has 0 radical (unpaired) electrons. The quantitative estimate of drug-likeness (QED) is 0.221. The van der Waals surface area contributed by atoms with Gasteiger partial charge in [0.1, 0.15) is 37.1 Å². The van der Waals surface area contributed by atoms with E-state index < -0.39 is 98.4 Å². The predicted molar refractivity (Wildman–Crippen MR) is 137 cm³/mol. The van der Waals surface area contributed by atoms with Crippen molar-refractivity contribution in [2.75, 3.05) is 13.2 Å². The number of carbonyl (C=O) groups is 4. The fourth-order valence-electron chi connectivity index (χ4n) is 4.62. The number of hydrogen-bond acceptors (Lipinski definition) is 13. The lowest BCUT2D eigenvalue weighted by Gasteiger charge is -2.47. The molecule has 42 heavy (non-hydrogen) atoms. The van der Waals surface area contributed by atoms with Crippen LogP contribution in [0.4, 0.5) is 4.39 Å².